The Bertz CT molecular complexity index is 603. The van der Waals surface area contributed by atoms with E-state index in [4.69, 9.17) is 0 Å². The van der Waals surface area contributed by atoms with Gasteiger partial charge in [0, 0.05) is 30.2 Å². The average Bonchev–Trinajstić information content (AvgIpc) is 2.55. The van der Waals surface area contributed by atoms with Crippen molar-refractivity contribution in [2.24, 2.45) is 5.92 Å². The highest BCUT2D eigenvalue weighted by atomic mass is 16.3. The van der Waals surface area contributed by atoms with Crippen molar-refractivity contribution in [3.8, 4) is 0 Å². The lowest BCUT2D eigenvalue weighted by atomic mass is 9.92. The summed E-state index contributed by atoms with van der Waals surface area (Å²) in [5, 5.41) is 11.8. The molecule has 0 unspecified atom stereocenters. The highest BCUT2D eigenvalue weighted by molar-refractivity contribution is 5.94. The maximum atomic E-state index is 9.48. The Morgan fingerprint density at radius 1 is 1.19 bits per heavy atom. The zero-order chi connectivity index (χ0) is 14.7. The maximum absolute atomic E-state index is 9.48. The first-order chi connectivity index (χ1) is 10.3. The van der Waals surface area contributed by atoms with Crippen molar-refractivity contribution in [3.63, 3.8) is 0 Å². The fraction of sp³-hybridized carbons (Fsp3) is 0.500. The Labute approximate surface area is 126 Å². The number of nitrogens with zero attached hydrogens (tertiary/aromatic N) is 2. The van der Waals surface area contributed by atoms with Gasteiger partial charge in [-0.2, -0.15) is 0 Å². The van der Waals surface area contributed by atoms with Gasteiger partial charge in [0.2, 0.25) is 0 Å². The van der Waals surface area contributed by atoms with E-state index < -0.39 is 0 Å². The number of pyridine rings is 1. The first-order valence-electron chi connectivity index (χ1n) is 8.06. The van der Waals surface area contributed by atoms with Gasteiger partial charge in [-0.15, -0.1) is 0 Å². The minimum Gasteiger partial charge on any atom is -0.392 e. The standard InChI is InChI=1S/C18H24N2O/c1-2-5-14-8-10-20(11-9-14)18-17-7-4-3-6-16(17)15(13-21)12-19-18/h3-4,6-7,12,14,21H,2,5,8-11,13H2,1H3. The normalized spacial score (nSPS) is 16.6. The van der Waals surface area contributed by atoms with Gasteiger partial charge in [-0.3, -0.25) is 0 Å². The molecule has 0 saturated carbocycles. The quantitative estimate of drug-likeness (QED) is 0.929. The Balaban J connectivity index is 1.88. The third-order valence-corrected chi connectivity index (χ3v) is 4.64. The summed E-state index contributed by atoms with van der Waals surface area (Å²) in [7, 11) is 0. The van der Waals surface area contributed by atoms with Crippen molar-refractivity contribution in [1.82, 2.24) is 4.98 Å². The summed E-state index contributed by atoms with van der Waals surface area (Å²) in [6, 6.07) is 8.28. The number of aromatic nitrogens is 1. The predicted octanol–water partition coefficient (Wildman–Crippen LogP) is 3.74. The Kier molecular flexibility index (Phi) is 4.39. The minimum atomic E-state index is 0.0480. The molecule has 0 bridgehead atoms. The monoisotopic (exact) mass is 284 g/mol. The van der Waals surface area contributed by atoms with Crippen LogP contribution in [0.2, 0.25) is 0 Å². The van der Waals surface area contributed by atoms with E-state index in [0.717, 1.165) is 41.2 Å². The second kappa shape index (κ2) is 6.44. The van der Waals surface area contributed by atoms with Gasteiger partial charge >= 0.3 is 0 Å². The third kappa shape index (κ3) is 2.88. The second-order valence-electron chi connectivity index (χ2n) is 6.03. The van der Waals surface area contributed by atoms with Gasteiger partial charge in [0.15, 0.2) is 0 Å². The molecule has 1 aliphatic rings. The molecule has 0 spiro atoms. The summed E-state index contributed by atoms with van der Waals surface area (Å²) in [5.74, 6) is 1.96. The van der Waals surface area contributed by atoms with Crippen molar-refractivity contribution in [3.05, 3.63) is 36.0 Å². The molecule has 1 saturated heterocycles. The van der Waals surface area contributed by atoms with E-state index in [0.29, 0.717) is 0 Å². The van der Waals surface area contributed by atoms with E-state index in [-0.39, 0.29) is 6.61 Å². The average molecular weight is 284 g/mol. The molecule has 2 aromatic rings. The zero-order valence-electron chi connectivity index (χ0n) is 12.8. The molecular weight excluding hydrogens is 260 g/mol. The largest absolute Gasteiger partial charge is 0.392 e. The van der Waals surface area contributed by atoms with Gasteiger partial charge in [-0.1, -0.05) is 44.0 Å². The molecule has 3 rings (SSSR count). The van der Waals surface area contributed by atoms with E-state index in [9.17, 15) is 5.11 Å². The number of anilines is 1. The van der Waals surface area contributed by atoms with Gasteiger partial charge in [0.25, 0.3) is 0 Å². The lowest BCUT2D eigenvalue weighted by Gasteiger charge is -2.33. The molecule has 1 N–H and O–H groups in total. The molecule has 0 radical (unpaired) electrons. The number of piperidine rings is 1. The molecule has 2 heterocycles. The summed E-state index contributed by atoms with van der Waals surface area (Å²) >= 11 is 0. The predicted molar refractivity (Wildman–Crippen MR) is 87.5 cm³/mol. The van der Waals surface area contributed by atoms with Crippen molar-refractivity contribution < 1.29 is 5.11 Å². The van der Waals surface area contributed by atoms with Gasteiger partial charge < -0.3 is 10.0 Å². The van der Waals surface area contributed by atoms with Crippen molar-refractivity contribution in [1.29, 1.82) is 0 Å². The van der Waals surface area contributed by atoms with Crippen LogP contribution in [0.5, 0.6) is 0 Å². The minimum absolute atomic E-state index is 0.0480. The van der Waals surface area contributed by atoms with Gasteiger partial charge in [0.05, 0.1) is 6.61 Å². The highest BCUT2D eigenvalue weighted by Gasteiger charge is 2.21. The van der Waals surface area contributed by atoms with Crippen LogP contribution in [0, 0.1) is 5.92 Å². The van der Waals surface area contributed by atoms with E-state index >= 15 is 0 Å². The number of benzene rings is 1. The lowest BCUT2D eigenvalue weighted by molar-refractivity contribution is 0.283. The summed E-state index contributed by atoms with van der Waals surface area (Å²) < 4.78 is 0. The first kappa shape index (κ1) is 14.3. The summed E-state index contributed by atoms with van der Waals surface area (Å²) in [6.07, 6.45) is 7.01. The van der Waals surface area contributed by atoms with E-state index in [1.165, 1.54) is 25.7 Å². The molecule has 21 heavy (non-hydrogen) atoms. The fourth-order valence-electron chi connectivity index (χ4n) is 3.46. The Hall–Kier alpha value is -1.61. The summed E-state index contributed by atoms with van der Waals surface area (Å²) in [6.45, 7) is 4.52. The van der Waals surface area contributed by atoms with E-state index in [1.807, 2.05) is 12.3 Å². The molecule has 3 nitrogen and oxygen atoms in total. The number of fused-ring (bicyclic) bond motifs is 1. The van der Waals surface area contributed by atoms with Crippen LogP contribution in [0.15, 0.2) is 30.5 Å². The van der Waals surface area contributed by atoms with E-state index in [2.05, 4.69) is 35.0 Å². The van der Waals surface area contributed by atoms with Crippen molar-refractivity contribution >= 4 is 16.6 Å². The molecule has 1 fully saturated rings. The fourth-order valence-corrected chi connectivity index (χ4v) is 3.46. The molecule has 1 aromatic heterocycles. The number of hydrogen-bond donors (Lipinski definition) is 1. The Morgan fingerprint density at radius 3 is 2.57 bits per heavy atom. The SMILES string of the molecule is CCCC1CCN(c2ncc(CO)c3ccccc23)CC1. The molecule has 0 atom stereocenters. The number of aliphatic hydroxyl groups excluding tert-OH is 1. The molecular formula is C18H24N2O. The number of hydrogen-bond acceptors (Lipinski definition) is 3. The zero-order valence-corrected chi connectivity index (χ0v) is 12.8. The number of rotatable bonds is 4. The first-order valence-corrected chi connectivity index (χ1v) is 8.06. The molecule has 1 aliphatic heterocycles. The highest BCUT2D eigenvalue weighted by Crippen LogP contribution is 2.31. The van der Waals surface area contributed by atoms with Crippen LogP contribution >= 0.6 is 0 Å². The van der Waals surface area contributed by atoms with Crippen LogP contribution < -0.4 is 4.90 Å². The van der Waals surface area contributed by atoms with Crippen LogP contribution in [0.4, 0.5) is 5.82 Å². The van der Waals surface area contributed by atoms with Crippen LogP contribution in [0.3, 0.4) is 0 Å². The van der Waals surface area contributed by atoms with Crippen LogP contribution in [0.25, 0.3) is 10.8 Å². The maximum Gasteiger partial charge on any atom is 0.136 e. The van der Waals surface area contributed by atoms with Crippen LogP contribution in [-0.2, 0) is 6.61 Å². The van der Waals surface area contributed by atoms with E-state index in [1.54, 1.807) is 0 Å². The molecule has 112 valence electrons. The second-order valence-corrected chi connectivity index (χ2v) is 6.03. The Morgan fingerprint density at radius 2 is 1.90 bits per heavy atom. The molecule has 0 aliphatic carbocycles. The van der Waals surface area contributed by atoms with Crippen molar-refractivity contribution in [2.75, 3.05) is 18.0 Å². The van der Waals surface area contributed by atoms with Gasteiger partial charge in [-0.25, -0.2) is 4.98 Å². The van der Waals surface area contributed by atoms with Gasteiger partial charge in [0.1, 0.15) is 5.82 Å². The smallest absolute Gasteiger partial charge is 0.136 e. The third-order valence-electron chi connectivity index (χ3n) is 4.64. The molecule has 1 aromatic carbocycles. The topological polar surface area (TPSA) is 36.4 Å². The van der Waals surface area contributed by atoms with Crippen LogP contribution in [-0.4, -0.2) is 23.2 Å². The lowest BCUT2D eigenvalue weighted by Crippen LogP contribution is -2.34. The molecule has 3 heteroatoms. The summed E-state index contributed by atoms with van der Waals surface area (Å²) in [5.41, 5.74) is 0.912. The van der Waals surface area contributed by atoms with Gasteiger partial charge in [-0.05, 0) is 24.1 Å². The van der Waals surface area contributed by atoms with Crippen molar-refractivity contribution in [2.45, 2.75) is 39.2 Å². The molecule has 0 amide bonds. The number of aliphatic hydroxyl groups is 1. The van der Waals surface area contributed by atoms with Crippen LogP contribution in [0.1, 0.15) is 38.2 Å². The summed E-state index contributed by atoms with van der Waals surface area (Å²) in [4.78, 5) is 7.05.